The molecule has 0 amide bonds. The van der Waals surface area contributed by atoms with E-state index in [0.29, 0.717) is 12.5 Å². The molecule has 0 saturated heterocycles. The molecule has 1 aliphatic carbocycles. The summed E-state index contributed by atoms with van der Waals surface area (Å²) in [5.41, 5.74) is 9.38. The van der Waals surface area contributed by atoms with Crippen LogP contribution in [0.15, 0.2) is 6.07 Å². The number of ether oxygens (including phenoxy) is 1. The van der Waals surface area contributed by atoms with Crippen molar-refractivity contribution < 1.29 is 4.74 Å². The van der Waals surface area contributed by atoms with Crippen molar-refractivity contribution in [3.05, 3.63) is 22.9 Å². The number of fused-ring (bicyclic) bond motifs is 1. The normalized spacial score (nSPS) is 14.1. The van der Waals surface area contributed by atoms with Crippen LogP contribution in [-0.2, 0) is 19.4 Å². The van der Waals surface area contributed by atoms with E-state index in [9.17, 15) is 0 Å². The molecule has 0 unspecified atom stereocenters. The van der Waals surface area contributed by atoms with Gasteiger partial charge in [-0.15, -0.1) is 0 Å². The minimum Gasteiger partial charge on any atom is -0.477 e. The quantitative estimate of drug-likeness (QED) is 0.851. The van der Waals surface area contributed by atoms with Crippen molar-refractivity contribution in [2.75, 3.05) is 6.61 Å². The first-order valence-corrected chi connectivity index (χ1v) is 6.55. The van der Waals surface area contributed by atoms with Crippen LogP contribution in [0.5, 0.6) is 5.88 Å². The van der Waals surface area contributed by atoms with Crippen LogP contribution in [-0.4, -0.2) is 11.6 Å². The third kappa shape index (κ3) is 2.97. The molecule has 1 aromatic rings. The highest BCUT2D eigenvalue weighted by molar-refractivity contribution is 5.36. The lowest BCUT2D eigenvalue weighted by molar-refractivity contribution is 0.276. The van der Waals surface area contributed by atoms with Gasteiger partial charge in [-0.25, -0.2) is 4.98 Å². The van der Waals surface area contributed by atoms with E-state index in [0.717, 1.165) is 37.3 Å². The van der Waals surface area contributed by atoms with Gasteiger partial charge >= 0.3 is 0 Å². The molecular formula is C14H22N2O. The fraction of sp³-hybridized carbons (Fsp3) is 0.643. The van der Waals surface area contributed by atoms with Gasteiger partial charge in [0.05, 0.1) is 6.61 Å². The largest absolute Gasteiger partial charge is 0.477 e. The van der Waals surface area contributed by atoms with Gasteiger partial charge in [-0.2, -0.15) is 0 Å². The molecule has 3 heteroatoms. The number of hydrogen-bond acceptors (Lipinski definition) is 3. The minimum absolute atomic E-state index is 0.511. The van der Waals surface area contributed by atoms with Crippen molar-refractivity contribution in [2.24, 2.45) is 11.7 Å². The lowest BCUT2D eigenvalue weighted by Crippen LogP contribution is -2.09. The Kier molecular flexibility index (Phi) is 4.00. The maximum atomic E-state index is 5.77. The minimum atomic E-state index is 0.511. The highest BCUT2D eigenvalue weighted by Gasteiger charge is 2.16. The highest BCUT2D eigenvalue weighted by atomic mass is 16.5. The highest BCUT2D eigenvalue weighted by Crippen LogP contribution is 2.26. The summed E-state index contributed by atoms with van der Waals surface area (Å²) in [5, 5.41) is 0. The second-order valence-corrected chi connectivity index (χ2v) is 5.15. The second kappa shape index (κ2) is 5.50. The topological polar surface area (TPSA) is 48.1 Å². The number of rotatable bonds is 5. The lowest BCUT2D eigenvalue weighted by atomic mass is 10.1. The number of nitrogens with zero attached hydrogens (tertiary/aromatic N) is 1. The molecule has 0 saturated carbocycles. The molecule has 0 atom stereocenters. The molecule has 0 aromatic carbocycles. The smallest absolute Gasteiger partial charge is 0.218 e. The summed E-state index contributed by atoms with van der Waals surface area (Å²) in [6.45, 7) is 5.64. The van der Waals surface area contributed by atoms with Crippen LogP contribution in [0.2, 0.25) is 0 Å². The molecule has 3 nitrogen and oxygen atoms in total. The Morgan fingerprint density at radius 2 is 2.24 bits per heavy atom. The maximum Gasteiger partial charge on any atom is 0.218 e. The van der Waals surface area contributed by atoms with Crippen LogP contribution >= 0.6 is 0 Å². The number of aryl methyl sites for hydroxylation is 2. The lowest BCUT2D eigenvalue weighted by Gasteiger charge is -2.12. The van der Waals surface area contributed by atoms with E-state index in [1.807, 2.05) is 0 Å². The maximum absolute atomic E-state index is 5.77. The van der Waals surface area contributed by atoms with E-state index in [1.165, 1.54) is 17.7 Å². The van der Waals surface area contributed by atoms with E-state index < -0.39 is 0 Å². The summed E-state index contributed by atoms with van der Waals surface area (Å²) in [6.07, 6.45) is 4.49. The van der Waals surface area contributed by atoms with Gasteiger partial charge in [0.1, 0.15) is 0 Å². The van der Waals surface area contributed by atoms with Crippen molar-refractivity contribution in [2.45, 2.75) is 46.1 Å². The van der Waals surface area contributed by atoms with Gasteiger partial charge in [0.15, 0.2) is 0 Å². The van der Waals surface area contributed by atoms with E-state index in [4.69, 9.17) is 10.5 Å². The standard InChI is InChI=1S/C14H22N2O/c1-10(2)6-7-17-14-12(9-15)8-11-4-3-5-13(11)16-14/h8,10H,3-7,9,15H2,1-2H3. The Balaban J connectivity index is 2.09. The SMILES string of the molecule is CC(C)CCOc1nc2c(cc1CN)CCC2. The van der Waals surface area contributed by atoms with Gasteiger partial charge in [0.2, 0.25) is 5.88 Å². The van der Waals surface area contributed by atoms with E-state index in [2.05, 4.69) is 24.9 Å². The van der Waals surface area contributed by atoms with Crippen molar-refractivity contribution in [3.8, 4) is 5.88 Å². The van der Waals surface area contributed by atoms with Crippen molar-refractivity contribution in [3.63, 3.8) is 0 Å². The first-order chi connectivity index (χ1) is 8.20. The molecule has 2 rings (SSSR count). The summed E-state index contributed by atoms with van der Waals surface area (Å²) in [4.78, 5) is 4.62. The van der Waals surface area contributed by atoms with E-state index in [-0.39, 0.29) is 0 Å². The molecule has 0 bridgehead atoms. The summed E-state index contributed by atoms with van der Waals surface area (Å²) < 4.78 is 5.77. The molecule has 17 heavy (non-hydrogen) atoms. The zero-order valence-corrected chi connectivity index (χ0v) is 10.8. The fourth-order valence-electron chi connectivity index (χ4n) is 2.16. The van der Waals surface area contributed by atoms with Crippen LogP contribution < -0.4 is 10.5 Å². The molecule has 94 valence electrons. The molecular weight excluding hydrogens is 212 g/mol. The molecule has 0 radical (unpaired) electrons. The molecule has 0 aliphatic heterocycles. The Hall–Kier alpha value is -1.09. The van der Waals surface area contributed by atoms with Crippen LogP contribution in [0.4, 0.5) is 0 Å². The third-order valence-corrected chi connectivity index (χ3v) is 3.24. The Bertz CT molecular complexity index is 388. The zero-order valence-electron chi connectivity index (χ0n) is 10.8. The van der Waals surface area contributed by atoms with Gasteiger partial charge in [-0.3, -0.25) is 0 Å². The fourth-order valence-corrected chi connectivity index (χ4v) is 2.16. The van der Waals surface area contributed by atoms with Crippen molar-refractivity contribution >= 4 is 0 Å². The Labute approximate surface area is 103 Å². The van der Waals surface area contributed by atoms with E-state index in [1.54, 1.807) is 0 Å². The van der Waals surface area contributed by atoms with E-state index >= 15 is 0 Å². The summed E-state index contributed by atoms with van der Waals surface area (Å²) in [6, 6.07) is 2.18. The van der Waals surface area contributed by atoms with Gasteiger partial charge in [0, 0.05) is 17.8 Å². The summed E-state index contributed by atoms with van der Waals surface area (Å²) in [7, 11) is 0. The Morgan fingerprint density at radius 3 is 2.94 bits per heavy atom. The summed E-state index contributed by atoms with van der Waals surface area (Å²) in [5.74, 6) is 1.42. The van der Waals surface area contributed by atoms with Gasteiger partial charge < -0.3 is 10.5 Å². The first-order valence-electron chi connectivity index (χ1n) is 6.55. The van der Waals surface area contributed by atoms with Crippen molar-refractivity contribution in [1.82, 2.24) is 4.98 Å². The predicted molar refractivity (Wildman–Crippen MR) is 69.1 cm³/mol. The predicted octanol–water partition coefficient (Wildman–Crippen LogP) is 2.45. The second-order valence-electron chi connectivity index (χ2n) is 5.15. The first kappa shape index (κ1) is 12.4. The summed E-state index contributed by atoms with van der Waals surface area (Å²) >= 11 is 0. The number of aromatic nitrogens is 1. The number of pyridine rings is 1. The molecule has 1 aliphatic rings. The monoisotopic (exact) mass is 234 g/mol. The van der Waals surface area contributed by atoms with Crippen LogP contribution in [0.1, 0.15) is 43.5 Å². The van der Waals surface area contributed by atoms with Gasteiger partial charge in [0.25, 0.3) is 0 Å². The molecule has 2 N–H and O–H groups in total. The van der Waals surface area contributed by atoms with Gasteiger partial charge in [-0.05, 0) is 43.2 Å². The number of nitrogens with two attached hydrogens (primary N) is 1. The zero-order chi connectivity index (χ0) is 12.3. The van der Waals surface area contributed by atoms with Crippen molar-refractivity contribution in [1.29, 1.82) is 0 Å². The number of hydrogen-bond donors (Lipinski definition) is 1. The van der Waals surface area contributed by atoms with Gasteiger partial charge in [-0.1, -0.05) is 13.8 Å². The van der Waals surface area contributed by atoms with Crippen LogP contribution in [0, 0.1) is 5.92 Å². The molecule has 0 spiro atoms. The van der Waals surface area contributed by atoms with Crippen LogP contribution in [0.3, 0.4) is 0 Å². The average molecular weight is 234 g/mol. The average Bonchev–Trinajstić information content (AvgIpc) is 2.74. The molecule has 1 aromatic heterocycles. The third-order valence-electron chi connectivity index (χ3n) is 3.24. The Morgan fingerprint density at radius 1 is 1.41 bits per heavy atom. The molecule has 1 heterocycles. The van der Waals surface area contributed by atoms with Crippen LogP contribution in [0.25, 0.3) is 0 Å². The molecule has 0 fully saturated rings.